The normalized spacial score (nSPS) is 19.9. The van der Waals surface area contributed by atoms with Crippen molar-refractivity contribution in [2.75, 3.05) is 32.3 Å². The predicted molar refractivity (Wildman–Crippen MR) is 58.1 cm³/mol. The quantitative estimate of drug-likeness (QED) is 0.722. The Morgan fingerprint density at radius 1 is 1.53 bits per heavy atom. The molecule has 1 amide bonds. The van der Waals surface area contributed by atoms with Crippen LogP contribution in [0.5, 0.6) is 0 Å². The van der Waals surface area contributed by atoms with E-state index in [1.54, 1.807) is 0 Å². The van der Waals surface area contributed by atoms with Gasteiger partial charge in [0, 0.05) is 25.7 Å². The standard InChI is InChI=1S/C10H18ClNO3/c1-2-14-7-9(13)12-10(8-11)3-5-15-6-4-10/h2-8H2,1H3,(H,12,13). The smallest absolute Gasteiger partial charge is 0.246 e. The van der Waals surface area contributed by atoms with Gasteiger partial charge in [-0.2, -0.15) is 0 Å². The van der Waals surface area contributed by atoms with Crippen LogP contribution in [0.25, 0.3) is 0 Å². The van der Waals surface area contributed by atoms with E-state index in [0.29, 0.717) is 25.7 Å². The molecule has 1 aliphatic rings. The SMILES string of the molecule is CCOCC(=O)NC1(CCl)CCOCC1. The van der Waals surface area contributed by atoms with E-state index in [1.807, 2.05) is 6.92 Å². The van der Waals surface area contributed by atoms with E-state index < -0.39 is 0 Å². The highest BCUT2D eigenvalue weighted by Gasteiger charge is 2.33. The molecule has 1 aliphatic heterocycles. The molecular formula is C10H18ClNO3. The van der Waals surface area contributed by atoms with Gasteiger partial charge in [0.05, 0.1) is 5.54 Å². The lowest BCUT2D eigenvalue weighted by atomic mass is 9.92. The molecule has 0 bridgehead atoms. The van der Waals surface area contributed by atoms with Crippen LogP contribution < -0.4 is 5.32 Å². The summed E-state index contributed by atoms with van der Waals surface area (Å²) >= 11 is 5.90. The minimum Gasteiger partial charge on any atom is -0.381 e. The van der Waals surface area contributed by atoms with Gasteiger partial charge in [0.1, 0.15) is 6.61 Å². The zero-order valence-electron chi connectivity index (χ0n) is 9.05. The van der Waals surface area contributed by atoms with Gasteiger partial charge in [-0.1, -0.05) is 0 Å². The Bertz CT molecular complexity index is 205. The lowest BCUT2D eigenvalue weighted by Crippen LogP contribution is -2.54. The second kappa shape index (κ2) is 6.30. The van der Waals surface area contributed by atoms with Crippen molar-refractivity contribution in [3.05, 3.63) is 0 Å². The van der Waals surface area contributed by atoms with E-state index in [1.165, 1.54) is 0 Å². The molecule has 0 aromatic rings. The highest BCUT2D eigenvalue weighted by atomic mass is 35.5. The number of ether oxygens (including phenoxy) is 2. The van der Waals surface area contributed by atoms with Crippen LogP contribution >= 0.6 is 11.6 Å². The van der Waals surface area contributed by atoms with Crippen LogP contribution in [0.1, 0.15) is 19.8 Å². The number of hydrogen-bond donors (Lipinski definition) is 1. The fraction of sp³-hybridized carbons (Fsp3) is 0.900. The molecule has 1 rings (SSSR count). The zero-order chi connectivity index (χ0) is 11.1. The molecule has 0 spiro atoms. The summed E-state index contributed by atoms with van der Waals surface area (Å²) in [4.78, 5) is 11.5. The van der Waals surface area contributed by atoms with Gasteiger partial charge in [-0.15, -0.1) is 11.6 Å². The number of carbonyl (C=O) groups excluding carboxylic acids is 1. The van der Waals surface area contributed by atoms with Crippen molar-refractivity contribution in [1.82, 2.24) is 5.32 Å². The summed E-state index contributed by atoms with van der Waals surface area (Å²) in [5, 5.41) is 2.94. The van der Waals surface area contributed by atoms with Crippen molar-refractivity contribution >= 4 is 17.5 Å². The van der Waals surface area contributed by atoms with Crippen molar-refractivity contribution in [2.24, 2.45) is 0 Å². The Hall–Kier alpha value is -0.320. The summed E-state index contributed by atoms with van der Waals surface area (Å²) in [5.41, 5.74) is -0.298. The van der Waals surface area contributed by atoms with Crippen molar-refractivity contribution in [3.8, 4) is 0 Å². The summed E-state index contributed by atoms with van der Waals surface area (Å²) in [7, 11) is 0. The average molecular weight is 236 g/mol. The van der Waals surface area contributed by atoms with Gasteiger partial charge in [-0.05, 0) is 19.8 Å². The molecule has 0 radical (unpaired) electrons. The summed E-state index contributed by atoms with van der Waals surface area (Å²) in [6.07, 6.45) is 1.54. The average Bonchev–Trinajstić information content (AvgIpc) is 2.27. The minimum absolute atomic E-state index is 0.0978. The Labute approximate surface area is 95.3 Å². The van der Waals surface area contributed by atoms with E-state index in [4.69, 9.17) is 21.1 Å². The molecule has 0 atom stereocenters. The fourth-order valence-corrected chi connectivity index (χ4v) is 1.91. The molecule has 15 heavy (non-hydrogen) atoms. The molecule has 1 N–H and O–H groups in total. The van der Waals surface area contributed by atoms with E-state index in [-0.39, 0.29) is 18.1 Å². The maximum atomic E-state index is 11.5. The third-order valence-corrected chi connectivity index (χ3v) is 3.06. The first-order chi connectivity index (χ1) is 7.22. The van der Waals surface area contributed by atoms with Gasteiger partial charge < -0.3 is 14.8 Å². The molecular weight excluding hydrogens is 218 g/mol. The Morgan fingerprint density at radius 2 is 2.20 bits per heavy atom. The first-order valence-corrected chi connectivity index (χ1v) is 5.78. The van der Waals surface area contributed by atoms with Crippen molar-refractivity contribution in [3.63, 3.8) is 0 Å². The van der Waals surface area contributed by atoms with Crippen LogP contribution in [0.3, 0.4) is 0 Å². The molecule has 1 heterocycles. The van der Waals surface area contributed by atoms with Crippen LogP contribution in [-0.4, -0.2) is 43.8 Å². The van der Waals surface area contributed by atoms with E-state index in [2.05, 4.69) is 5.32 Å². The number of rotatable bonds is 5. The third kappa shape index (κ3) is 3.97. The minimum atomic E-state index is -0.298. The maximum Gasteiger partial charge on any atom is 0.246 e. The molecule has 0 aliphatic carbocycles. The topological polar surface area (TPSA) is 47.6 Å². The number of carbonyl (C=O) groups is 1. The van der Waals surface area contributed by atoms with Gasteiger partial charge in [-0.3, -0.25) is 4.79 Å². The van der Waals surface area contributed by atoms with E-state index >= 15 is 0 Å². The zero-order valence-corrected chi connectivity index (χ0v) is 9.81. The summed E-state index contributed by atoms with van der Waals surface area (Å²) in [5.74, 6) is 0.327. The van der Waals surface area contributed by atoms with Crippen LogP contribution in [0.15, 0.2) is 0 Å². The van der Waals surface area contributed by atoms with Crippen LogP contribution in [0.2, 0.25) is 0 Å². The number of nitrogens with one attached hydrogen (secondary N) is 1. The van der Waals surface area contributed by atoms with E-state index in [9.17, 15) is 4.79 Å². The fourth-order valence-electron chi connectivity index (χ4n) is 1.58. The highest BCUT2D eigenvalue weighted by Crippen LogP contribution is 2.22. The van der Waals surface area contributed by atoms with Crippen LogP contribution in [0.4, 0.5) is 0 Å². The third-order valence-electron chi connectivity index (χ3n) is 2.55. The second-order valence-electron chi connectivity index (χ2n) is 3.71. The summed E-state index contributed by atoms with van der Waals surface area (Å²) < 4.78 is 10.3. The number of hydrogen-bond acceptors (Lipinski definition) is 3. The van der Waals surface area contributed by atoms with Gasteiger partial charge in [0.2, 0.25) is 5.91 Å². The Morgan fingerprint density at radius 3 is 2.73 bits per heavy atom. The predicted octanol–water partition coefficient (Wildman–Crippen LogP) is 0.927. The molecule has 1 fully saturated rings. The second-order valence-corrected chi connectivity index (χ2v) is 3.98. The largest absolute Gasteiger partial charge is 0.381 e. The molecule has 88 valence electrons. The van der Waals surface area contributed by atoms with Gasteiger partial charge >= 0.3 is 0 Å². The molecule has 0 aromatic heterocycles. The molecule has 1 saturated heterocycles. The van der Waals surface area contributed by atoms with Crippen molar-refractivity contribution in [2.45, 2.75) is 25.3 Å². The van der Waals surface area contributed by atoms with Crippen LogP contribution in [-0.2, 0) is 14.3 Å². The number of halogens is 1. The Balaban J connectivity index is 2.40. The molecule has 4 nitrogen and oxygen atoms in total. The number of amides is 1. The molecule has 0 unspecified atom stereocenters. The lowest BCUT2D eigenvalue weighted by molar-refractivity contribution is -0.128. The summed E-state index contributed by atoms with van der Waals surface area (Å²) in [6, 6.07) is 0. The molecule has 5 heteroatoms. The van der Waals surface area contributed by atoms with Gasteiger partial charge in [-0.25, -0.2) is 0 Å². The lowest BCUT2D eigenvalue weighted by Gasteiger charge is -2.36. The molecule has 0 aromatic carbocycles. The van der Waals surface area contributed by atoms with Crippen LogP contribution in [0, 0.1) is 0 Å². The van der Waals surface area contributed by atoms with Gasteiger partial charge in [0.15, 0.2) is 0 Å². The monoisotopic (exact) mass is 235 g/mol. The van der Waals surface area contributed by atoms with Crippen molar-refractivity contribution < 1.29 is 14.3 Å². The maximum absolute atomic E-state index is 11.5. The Kier molecular flexibility index (Phi) is 5.36. The highest BCUT2D eigenvalue weighted by molar-refractivity contribution is 6.18. The number of alkyl halides is 1. The first-order valence-electron chi connectivity index (χ1n) is 5.25. The molecule has 0 saturated carbocycles. The van der Waals surface area contributed by atoms with E-state index in [0.717, 1.165) is 12.8 Å². The van der Waals surface area contributed by atoms with Crippen molar-refractivity contribution in [1.29, 1.82) is 0 Å². The van der Waals surface area contributed by atoms with Gasteiger partial charge in [0.25, 0.3) is 0 Å². The first kappa shape index (κ1) is 12.7. The summed E-state index contributed by atoms with van der Waals surface area (Å²) in [6.45, 7) is 3.82.